The summed E-state index contributed by atoms with van der Waals surface area (Å²) >= 11 is 0. The lowest BCUT2D eigenvalue weighted by Crippen LogP contribution is -2.04. The molecule has 0 aliphatic rings. The number of nitro groups is 1. The second-order valence-corrected chi connectivity index (χ2v) is 5.23. The molecule has 0 spiro atoms. The fourth-order valence-electron chi connectivity index (χ4n) is 2.18. The Morgan fingerprint density at radius 1 is 1.05 bits per heavy atom. The summed E-state index contributed by atoms with van der Waals surface area (Å²) in [5.41, 5.74) is 5.07. The first-order valence-electron chi connectivity index (χ1n) is 7.08. The molecule has 0 atom stereocenters. The van der Waals surface area contributed by atoms with Crippen molar-refractivity contribution < 1.29 is 4.92 Å². The van der Waals surface area contributed by atoms with Crippen LogP contribution in [0.5, 0.6) is 0 Å². The number of nitrogens with zero attached hydrogens (tertiary/aromatic N) is 1. The van der Waals surface area contributed by atoms with E-state index >= 15 is 0 Å². The maximum atomic E-state index is 11.1. The highest BCUT2D eigenvalue weighted by molar-refractivity contribution is 5.64. The van der Waals surface area contributed by atoms with E-state index in [0.717, 1.165) is 23.1 Å². The van der Waals surface area contributed by atoms with Crippen LogP contribution in [0.2, 0.25) is 0 Å². The molecule has 2 aromatic rings. The van der Waals surface area contributed by atoms with Crippen molar-refractivity contribution in [1.29, 1.82) is 0 Å². The van der Waals surface area contributed by atoms with E-state index in [2.05, 4.69) is 36.5 Å². The molecule has 2 aromatic carbocycles. The van der Waals surface area contributed by atoms with Crippen molar-refractivity contribution in [1.82, 2.24) is 0 Å². The number of hydrogen-bond donors (Lipinski definition) is 1. The van der Waals surface area contributed by atoms with Crippen molar-refractivity contribution in [2.45, 2.75) is 33.7 Å². The highest BCUT2D eigenvalue weighted by Gasteiger charge is 2.15. The van der Waals surface area contributed by atoms with Gasteiger partial charge < -0.3 is 5.32 Å². The van der Waals surface area contributed by atoms with Gasteiger partial charge in [0.05, 0.1) is 4.92 Å². The molecule has 0 saturated carbocycles. The van der Waals surface area contributed by atoms with E-state index in [-0.39, 0.29) is 10.6 Å². The first kappa shape index (κ1) is 15.0. The van der Waals surface area contributed by atoms with Gasteiger partial charge in [0.2, 0.25) is 0 Å². The molecule has 0 saturated heterocycles. The molecule has 4 nitrogen and oxygen atoms in total. The van der Waals surface area contributed by atoms with Gasteiger partial charge in [-0.2, -0.15) is 0 Å². The topological polar surface area (TPSA) is 55.2 Å². The third-order valence-corrected chi connectivity index (χ3v) is 3.72. The Morgan fingerprint density at radius 2 is 1.62 bits per heavy atom. The summed E-state index contributed by atoms with van der Waals surface area (Å²) in [6, 6.07) is 11.8. The Labute approximate surface area is 125 Å². The van der Waals surface area contributed by atoms with E-state index in [0.29, 0.717) is 12.2 Å². The smallest absolute Gasteiger partial charge is 0.292 e. The zero-order chi connectivity index (χ0) is 15.4. The molecule has 4 heteroatoms. The van der Waals surface area contributed by atoms with Gasteiger partial charge in [0.1, 0.15) is 5.69 Å². The third kappa shape index (κ3) is 3.60. The lowest BCUT2D eigenvalue weighted by atomic mass is 10.1. The van der Waals surface area contributed by atoms with Gasteiger partial charge in [0.15, 0.2) is 0 Å². The summed E-state index contributed by atoms with van der Waals surface area (Å²) in [6.45, 7) is 6.54. The first-order chi connectivity index (χ1) is 10.0. The molecular weight excluding hydrogens is 264 g/mol. The molecule has 0 radical (unpaired) electrons. The van der Waals surface area contributed by atoms with Crippen LogP contribution in [0.1, 0.15) is 29.2 Å². The Morgan fingerprint density at radius 3 is 2.19 bits per heavy atom. The van der Waals surface area contributed by atoms with Crippen molar-refractivity contribution in [2.75, 3.05) is 5.32 Å². The molecule has 110 valence electrons. The van der Waals surface area contributed by atoms with Crippen LogP contribution in [0.25, 0.3) is 0 Å². The lowest BCUT2D eigenvalue weighted by Gasteiger charge is -2.10. The molecule has 0 aromatic heterocycles. The minimum absolute atomic E-state index is 0.128. The van der Waals surface area contributed by atoms with Crippen LogP contribution < -0.4 is 5.32 Å². The summed E-state index contributed by atoms with van der Waals surface area (Å²) in [6.07, 6.45) is 1.01. The van der Waals surface area contributed by atoms with Gasteiger partial charge >= 0.3 is 0 Å². The molecule has 0 bridgehead atoms. The summed E-state index contributed by atoms with van der Waals surface area (Å²) in [7, 11) is 0. The van der Waals surface area contributed by atoms with Gasteiger partial charge in [0.25, 0.3) is 5.69 Å². The molecule has 0 unspecified atom stereocenters. The minimum Gasteiger partial charge on any atom is -0.375 e. The summed E-state index contributed by atoms with van der Waals surface area (Å²) in [4.78, 5) is 10.8. The van der Waals surface area contributed by atoms with Crippen LogP contribution in [-0.4, -0.2) is 4.92 Å². The van der Waals surface area contributed by atoms with Gasteiger partial charge in [-0.25, -0.2) is 0 Å². The molecule has 1 N–H and O–H groups in total. The second-order valence-electron chi connectivity index (χ2n) is 5.23. The van der Waals surface area contributed by atoms with Gasteiger partial charge in [-0.05, 0) is 48.6 Å². The van der Waals surface area contributed by atoms with Gasteiger partial charge in [-0.3, -0.25) is 10.1 Å². The second kappa shape index (κ2) is 6.39. The number of hydrogen-bond acceptors (Lipinski definition) is 3. The average Bonchev–Trinajstić information content (AvgIpc) is 2.48. The highest BCUT2D eigenvalue weighted by atomic mass is 16.6. The van der Waals surface area contributed by atoms with Crippen LogP contribution >= 0.6 is 0 Å². The van der Waals surface area contributed by atoms with Crippen molar-refractivity contribution in [3.63, 3.8) is 0 Å². The fraction of sp³-hybridized carbons (Fsp3) is 0.294. The number of nitrogens with one attached hydrogen (secondary N) is 1. The lowest BCUT2D eigenvalue weighted by molar-refractivity contribution is -0.384. The summed E-state index contributed by atoms with van der Waals surface area (Å²) in [5, 5.41) is 14.3. The van der Waals surface area contributed by atoms with Gasteiger partial charge in [-0.1, -0.05) is 31.2 Å². The number of rotatable bonds is 5. The number of benzene rings is 2. The number of anilines is 1. The average molecular weight is 284 g/mol. The molecule has 0 heterocycles. The van der Waals surface area contributed by atoms with E-state index in [1.165, 1.54) is 5.56 Å². The molecule has 21 heavy (non-hydrogen) atoms. The standard InChI is InChI=1S/C17H20N2O2/c1-4-14-5-7-15(8-6-14)11-18-16-9-12(2)13(3)10-17(16)19(20)21/h5-10,18H,4,11H2,1-3H3. The molecule has 0 aliphatic carbocycles. The van der Waals surface area contributed by atoms with Gasteiger partial charge in [-0.15, -0.1) is 0 Å². The van der Waals surface area contributed by atoms with E-state index in [9.17, 15) is 10.1 Å². The predicted octanol–water partition coefficient (Wildman–Crippen LogP) is 4.39. The maximum absolute atomic E-state index is 11.1. The highest BCUT2D eigenvalue weighted by Crippen LogP contribution is 2.28. The zero-order valence-electron chi connectivity index (χ0n) is 12.6. The zero-order valence-corrected chi connectivity index (χ0v) is 12.6. The Hall–Kier alpha value is -2.36. The number of nitro benzene ring substituents is 1. The molecule has 2 rings (SSSR count). The largest absolute Gasteiger partial charge is 0.375 e. The first-order valence-corrected chi connectivity index (χ1v) is 7.08. The number of aryl methyl sites for hydroxylation is 3. The molecular formula is C17H20N2O2. The molecule has 0 aliphatic heterocycles. The van der Waals surface area contributed by atoms with Crippen LogP contribution in [0.3, 0.4) is 0 Å². The van der Waals surface area contributed by atoms with E-state index in [4.69, 9.17) is 0 Å². The van der Waals surface area contributed by atoms with Gasteiger partial charge in [0, 0.05) is 12.6 Å². The monoisotopic (exact) mass is 284 g/mol. The van der Waals surface area contributed by atoms with E-state index in [1.54, 1.807) is 6.07 Å². The predicted molar refractivity (Wildman–Crippen MR) is 85.7 cm³/mol. The Bertz CT molecular complexity index is 649. The fourth-order valence-corrected chi connectivity index (χ4v) is 2.18. The van der Waals surface area contributed by atoms with Crippen molar-refractivity contribution in [3.05, 3.63) is 68.8 Å². The van der Waals surface area contributed by atoms with E-state index in [1.807, 2.05) is 19.9 Å². The molecule has 0 amide bonds. The van der Waals surface area contributed by atoms with Crippen LogP contribution in [0.4, 0.5) is 11.4 Å². The van der Waals surface area contributed by atoms with Crippen LogP contribution in [0.15, 0.2) is 36.4 Å². The summed E-state index contributed by atoms with van der Waals surface area (Å²) < 4.78 is 0. The van der Waals surface area contributed by atoms with Crippen molar-refractivity contribution in [3.8, 4) is 0 Å². The van der Waals surface area contributed by atoms with Crippen LogP contribution in [-0.2, 0) is 13.0 Å². The Balaban J connectivity index is 2.18. The normalized spacial score (nSPS) is 10.4. The summed E-state index contributed by atoms with van der Waals surface area (Å²) in [5.74, 6) is 0. The maximum Gasteiger partial charge on any atom is 0.292 e. The SMILES string of the molecule is CCc1ccc(CNc2cc(C)c(C)cc2[N+](=O)[O-])cc1. The van der Waals surface area contributed by atoms with E-state index < -0.39 is 0 Å². The Kier molecular flexibility index (Phi) is 4.58. The molecule has 0 fully saturated rings. The minimum atomic E-state index is -0.338. The third-order valence-electron chi connectivity index (χ3n) is 3.72. The van der Waals surface area contributed by atoms with Crippen molar-refractivity contribution in [2.24, 2.45) is 0 Å². The van der Waals surface area contributed by atoms with Crippen LogP contribution in [0, 0.1) is 24.0 Å². The quantitative estimate of drug-likeness (QED) is 0.654. The van der Waals surface area contributed by atoms with Crippen molar-refractivity contribution >= 4 is 11.4 Å².